The number of rotatable bonds is 12. The highest BCUT2D eigenvalue weighted by molar-refractivity contribution is 7.90. The Hall–Kier alpha value is -5.48. The van der Waals surface area contributed by atoms with Crippen molar-refractivity contribution in [3.63, 3.8) is 0 Å². The molecule has 0 bridgehead atoms. The van der Waals surface area contributed by atoms with Crippen LogP contribution in [0.2, 0.25) is 5.02 Å². The Morgan fingerprint density at radius 2 is 1.80 bits per heavy atom. The van der Waals surface area contributed by atoms with E-state index in [0.29, 0.717) is 37.2 Å². The van der Waals surface area contributed by atoms with E-state index in [9.17, 15) is 23.3 Å². The third-order valence-electron chi connectivity index (χ3n) is 12.7. The number of carbonyl (C=O) groups is 1. The van der Waals surface area contributed by atoms with Crippen LogP contribution in [0.15, 0.2) is 96.2 Å². The van der Waals surface area contributed by atoms with Crippen LogP contribution in [0.3, 0.4) is 0 Å². The molecule has 3 fully saturated rings. The highest BCUT2D eigenvalue weighted by Crippen LogP contribution is 2.46. The van der Waals surface area contributed by atoms with Gasteiger partial charge in [-0.05, 0) is 124 Å². The lowest BCUT2D eigenvalue weighted by Crippen LogP contribution is -2.61. The number of anilines is 2. The lowest BCUT2D eigenvalue weighted by atomic mass is 9.71. The van der Waals surface area contributed by atoms with Crippen LogP contribution in [0.4, 0.5) is 17.1 Å². The molecule has 1 atom stereocenters. The Morgan fingerprint density at radius 1 is 1.02 bits per heavy atom. The molecule has 16 heteroatoms. The number of nitrogens with zero attached hydrogens (tertiary/aromatic N) is 4. The van der Waals surface area contributed by atoms with E-state index in [2.05, 4.69) is 48.0 Å². The number of allylic oxidation sites excluding steroid dienone is 1. The number of hydrogen-bond acceptors (Lipinski definition) is 11. The highest BCUT2D eigenvalue weighted by atomic mass is 35.5. The fourth-order valence-corrected chi connectivity index (χ4v) is 10.4. The van der Waals surface area contributed by atoms with Gasteiger partial charge in [-0.1, -0.05) is 29.8 Å². The fraction of sp³-hybridized carbons (Fsp3) is 0.378. The molecule has 2 aromatic heterocycles. The number of aromatic amines is 1. The number of piperidine rings is 1. The van der Waals surface area contributed by atoms with E-state index in [-0.39, 0.29) is 28.3 Å². The van der Waals surface area contributed by atoms with Gasteiger partial charge in [0.2, 0.25) is 0 Å². The van der Waals surface area contributed by atoms with E-state index in [0.717, 1.165) is 86.9 Å². The number of hydrogen-bond donors (Lipinski definition) is 3. The van der Waals surface area contributed by atoms with Crippen molar-refractivity contribution in [2.45, 2.75) is 55.9 Å². The van der Waals surface area contributed by atoms with Gasteiger partial charge in [0, 0.05) is 78.7 Å². The van der Waals surface area contributed by atoms with Crippen molar-refractivity contribution >= 4 is 61.2 Å². The van der Waals surface area contributed by atoms with Gasteiger partial charge in [0.05, 0.1) is 21.6 Å². The van der Waals surface area contributed by atoms with E-state index in [4.69, 9.17) is 21.1 Å². The molecule has 3 N–H and O–H groups in total. The Kier molecular flexibility index (Phi) is 11.5. The van der Waals surface area contributed by atoms with Gasteiger partial charge >= 0.3 is 0 Å². The second kappa shape index (κ2) is 17.1. The first-order valence-electron chi connectivity index (χ1n) is 20.9. The lowest BCUT2D eigenvalue weighted by Gasteiger charge is -2.56. The molecule has 1 aliphatic carbocycles. The van der Waals surface area contributed by atoms with Crippen molar-refractivity contribution in [2.75, 3.05) is 56.2 Å². The van der Waals surface area contributed by atoms with Crippen molar-refractivity contribution in [3.05, 3.63) is 118 Å². The van der Waals surface area contributed by atoms with Crippen molar-refractivity contribution in [3.8, 4) is 11.5 Å². The number of nitro benzene ring substituents is 1. The topological polar surface area (TPSA) is 172 Å². The maximum atomic E-state index is 13.9. The molecule has 1 unspecified atom stereocenters. The Labute approximate surface area is 359 Å². The van der Waals surface area contributed by atoms with Gasteiger partial charge in [-0.25, -0.2) is 18.1 Å². The first-order valence-corrected chi connectivity index (χ1v) is 22.8. The van der Waals surface area contributed by atoms with Crippen molar-refractivity contribution in [2.24, 2.45) is 11.3 Å². The number of sulfonamides is 1. The maximum absolute atomic E-state index is 13.9. The van der Waals surface area contributed by atoms with E-state index >= 15 is 0 Å². The van der Waals surface area contributed by atoms with Gasteiger partial charge < -0.3 is 24.7 Å². The molecule has 5 heterocycles. The van der Waals surface area contributed by atoms with Crippen LogP contribution in [0, 0.1) is 21.4 Å². The molecule has 61 heavy (non-hydrogen) atoms. The number of fused-ring (bicyclic) bond motifs is 1. The minimum atomic E-state index is -4.54. The molecule has 14 nitrogen and oxygen atoms in total. The van der Waals surface area contributed by atoms with Crippen LogP contribution in [0.25, 0.3) is 16.6 Å². The molecule has 318 valence electrons. The summed E-state index contributed by atoms with van der Waals surface area (Å²) < 4.78 is 41.2. The number of H-pyrrole nitrogens is 1. The first kappa shape index (κ1) is 40.9. The second-order valence-corrected chi connectivity index (χ2v) is 18.8. The molecule has 1 amide bonds. The second-order valence-electron chi connectivity index (χ2n) is 16.7. The molecule has 3 saturated heterocycles. The molecule has 3 aromatic carbocycles. The fourth-order valence-electron chi connectivity index (χ4n) is 9.27. The van der Waals surface area contributed by atoms with Gasteiger partial charge in [0.25, 0.3) is 21.6 Å². The zero-order valence-electron chi connectivity index (χ0n) is 33.6. The van der Waals surface area contributed by atoms with Crippen LogP contribution >= 0.6 is 11.6 Å². The number of benzene rings is 3. The number of ether oxygens (including phenoxy) is 2. The number of pyridine rings is 1. The molecule has 3 aliphatic heterocycles. The lowest BCUT2D eigenvalue weighted by molar-refractivity contribution is -0.384. The summed E-state index contributed by atoms with van der Waals surface area (Å²) in [4.78, 5) is 37.3. The number of halogens is 1. The maximum Gasteiger partial charge on any atom is 0.293 e. The smallest absolute Gasteiger partial charge is 0.293 e. The van der Waals surface area contributed by atoms with Crippen LogP contribution in [0.1, 0.15) is 60.9 Å². The van der Waals surface area contributed by atoms with Crippen molar-refractivity contribution in [1.82, 2.24) is 19.6 Å². The van der Waals surface area contributed by atoms with E-state index in [1.807, 2.05) is 18.2 Å². The third-order valence-corrected chi connectivity index (χ3v) is 14.3. The number of nitrogens with one attached hydrogen (secondary N) is 3. The van der Waals surface area contributed by atoms with Crippen LogP contribution in [-0.4, -0.2) is 86.1 Å². The number of amides is 1. The summed E-state index contributed by atoms with van der Waals surface area (Å²) in [5.41, 5.74) is 4.10. The first-order chi connectivity index (χ1) is 29.5. The molecule has 9 rings (SSSR count). The van der Waals surface area contributed by atoms with Crippen LogP contribution < -0.4 is 19.7 Å². The zero-order valence-corrected chi connectivity index (χ0v) is 35.2. The van der Waals surface area contributed by atoms with Gasteiger partial charge in [-0.15, -0.1) is 0 Å². The minimum absolute atomic E-state index is 0.0219. The largest absolute Gasteiger partial charge is 0.455 e. The monoisotopic (exact) mass is 865 g/mol. The quantitative estimate of drug-likeness (QED) is 0.0812. The normalized spacial score (nSPS) is 19.6. The average Bonchev–Trinajstić information content (AvgIpc) is 3.73. The van der Waals surface area contributed by atoms with Gasteiger partial charge in [-0.2, -0.15) is 0 Å². The summed E-state index contributed by atoms with van der Waals surface area (Å²) >= 11 is 6.21. The number of nitro groups is 1. The molecular formula is C45H48ClN7O7S. The summed E-state index contributed by atoms with van der Waals surface area (Å²) in [6.45, 7) is 5.47. The predicted molar refractivity (Wildman–Crippen MR) is 235 cm³/mol. The highest BCUT2D eigenvalue weighted by Gasteiger charge is 2.46. The van der Waals surface area contributed by atoms with Gasteiger partial charge in [-0.3, -0.25) is 19.8 Å². The van der Waals surface area contributed by atoms with Gasteiger partial charge in [0.15, 0.2) is 0 Å². The SMILES string of the molecule is O=C(NS(=O)(=O)c1ccc(NCC2CCOCC2)c([N+](=O)[O-])c1)c1ccc(N2CC3(CCN(C4CCCC=C4c4ccc(Cl)cc4)CC3)C2)cc1Oc1cnc2[nH]ccc2c1. The number of aromatic nitrogens is 2. The molecule has 5 aromatic rings. The molecule has 4 aliphatic rings. The van der Waals surface area contributed by atoms with Crippen molar-refractivity contribution in [1.29, 1.82) is 0 Å². The Bertz CT molecular complexity index is 2580. The minimum Gasteiger partial charge on any atom is -0.455 e. The molecular weight excluding hydrogens is 818 g/mol. The summed E-state index contributed by atoms with van der Waals surface area (Å²) in [5, 5.41) is 16.7. The molecule has 1 spiro atoms. The third kappa shape index (κ3) is 8.83. The summed E-state index contributed by atoms with van der Waals surface area (Å²) in [6.07, 6.45) is 12.9. The summed E-state index contributed by atoms with van der Waals surface area (Å²) in [7, 11) is -4.54. The van der Waals surface area contributed by atoms with Crippen LogP contribution in [0.5, 0.6) is 11.5 Å². The zero-order chi connectivity index (χ0) is 42.1. The summed E-state index contributed by atoms with van der Waals surface area (Å²) in [5.74, 6) is -0.152. The summed E-state index contributed by atoms with van der Waals surface area (Å²) in [6, 6.07) is 20.9. The van der Waals surface area contributed by atoms with Crippen LogP contribution in [-0.2, 0) is 14.8 Å². The standard InChI is InChI=1S/C45H48ClN7O7S/c46-33-7-5-31(6-8-33)37-3-1-2-4-40(37)51-19-16-45(17-20-51)28-52(29-45)34-9-11-38(42(24-34)60-35-23-32-13-18-47-43(32)49-27-35)44(54)50-61(57,58)36-10-12-39(41(25-36)53(55)56)48-26-30-14-21-59-22-15-30/h3,5-13,18,23-25,27,30,40,48H,1-2,4,14-17,19-22,26,28-29H2,(H,47,49)(H,50,54). The Morgan fingerprint density at radius 3 is 2.57 bits per heavy atom. The van der Waals surface area contributed by atoms with Crippen molar-refractivity contribution < 1.29 is 27.6 Å². The van der Waals surface area contributed by atoms with Gasteiger partial charge in [0.1, 0.15) is 22.8 Å². The van der Waals surface area contributed by atoms with E-state index < -0.39 is 31.4 Å². The number of carbonyl (C=O) groups excluding carboxylic acids is 1. The Balaban J connectivity index is 0.906. The molecule has 0 radical (unpaired) electrons. The average molecular weight is 866 g/mol. The van der Waals surface area contributed by atoms with E-state index in [1.54, 1.807) is 30.5 Å². The number of likely N-dealkylation sites (tertiary alicyclic amines) is 1. The van der Waals surface area contributed by atoms with E-state index in [1.165, 1.54) is 35.9 Å². The molecule has 0 saturated carbocycles. The predicted octanol–water partition coefficient (Wildman–Crippen LogP) is 8.41.